The Balaban J connectivity index is 2.69. The highest BCUT2D eigenvalue weighted by Crippen LogP contribution is 2.39. The van der Waals surface area contributed by atoms with E-state index in [0.717, 1.165) is 6.07 Å². The van der Waals surface area contributed by atoms with Crippen LogP contribution >= 0.6 is 11.6 Å². The van der Waals surface area contributed by atoms with E-state index in [4.69, 9.17) is 17.3 Å². The van der Waals surface area contributed by atoms with E-state index in [9.17, 15) is 13.2 Å². The van der Waals surface area contributed by atoms with Crippen molar-refractivity contribution in [3.63, 3.8) is 0 Å². The maximum absolute atomic E-state index is 12.9. The summed E-state index contributed by atoms with van der Waals surface area (Å²) in [7, 11) is 0. The number of alkyl halides is 3. The van der Waals surface area contributed by atoms with Crippen molar-refractivity contribution in [2.24, 2.45) is 0 Å². The number of nitrogens with zero attached hydrogens (tertiary/aromatic N) is 1. The molecule has 0 aliphatic rings. The normalized spacial score (nSPS) is 11.6. The lowest BCUT2D eigenvalue weighted by Gasteiger charge is -2.14. The van der Waals surface area contributed by atoms with E-state index in [2.05, 4.69) is 4.98 Å². The number of rotatable bonds is 1. The Kier molecular flexibility index (Phi) is 3.17. The lowest BCUT2D eigenvalue weighted by Crippen LogP contribution is -2.07. The lowest BCUT2D eigenvalue weighted by molar-refractivity contribution is -0.137. The van der Waals surface area contributed by atoms with Gasteiger partial charge in [-0.2, -0.15) is 13.2 Å². The summed E-state index contributed by atoms with van der Waals surface area (Å²) in [6.45, 7) is 0. The molecular weight excluding hydrogens is 265 g/mol. The van der Waals surface area contributed by atoms with Crippen molar-refractivity contribution in [2.45, 2.75) is 6.18 Å². The SMILES string of the molecule is Nc1c(Cl)cncc1-c1ccccc1C(F)(F)F. The minimum absolute atomic E-state index is 0.0301. The lowest BCUT2D eigenvalue weighted by atomic mass is 9.99. The van der Waals surface area contributed by atoms with Crippen LogP contribution in [-0.4, -0.2) is 4.98 Å². The van der Waals surface area contributed by atoms with E-state index in [1.807, 2.05) is 0 Å². The largest absolute Gasteiger partial charge is 0.417 e. The third kappa shape index (κ3) is 2.26. The number of hydrogen-bond donors (Lipinski definition) is 1. The summed E-state index contributed by atoms with van der Waals surface area (Å²) >= 11 is 5.76. The van der Waals surface area contributed by atoms with Crippen molar-refractivity contribution in [1.82, 2.24) is 4.98 Å². The minimum atomic E-state index is -4.45. The van der Waals surface area contributed by atoms with Crippen LogP contribution in [0.2, 0.25) is 5.02 Å². The first-order chi connectivity index (χ1) is 8.41. The third-order valence-electron chi connectivity index (χ3n) is 2.46. The number of benzene rings is 1. The molecular formula is C12H8ClF3N2. The standard InChI is InChI=1S/C12H8ClF3N2/c13-10-6-18-5-8(11(10)17)7-3-1-2-4-9(7)12(14,15)16/h1-6H,(H2,17,18). The van der Waals surface area contributed by atoms with E-state index in [0.29, 0.717) is 0 Å². The number of pyridine rings is 1. The summed E-state index contributed by atoms with van der Waals surface area (Å²) < 4.78 is 38.6. The van der Waals surface area contributed by atoms with Crippen LogP contribution in [0.1, 0.15) is 5.56 Å². The van der Waals surface area contributed by atoms with Crippen LogP contribution in [0.5, 0.6) is 0 Å². The molecule has 1 aromatic carbocycles. The Hall–Kier alpha value is -1.75. The van der Waals surface area contributed by atoms with Crippen LogP contribution in [0.4, 0.5) is 18.9 Å². The number of aromatic nitrogens is 1. The summed E-state index contributed by atoms with van der Waals surface area (Å²) in [4.78, 5) is 3.77. The van der Waals surface area contributed by atoms with E-state index in [-0.39, 0.29) is 21.8 Å². The molecule has 0 amide bonds. The van der Waals surface area contributed by atoms with Gasteiger partial charge in [0, 0.05) is 18.0 Å². The van der Waals surface area contributed by atoms with Crippen molar-refractivity contribution in [1.29, 1.82) is 0 Å². The molecule has 2 aromatic rings. The first-order valence-electron chi connectivity index (χ1n) is 4.97. The molecule has 2 rings (SSSR count). The number of hydrogen-bond acceptors (Lipinski definition) is 2. The molecule has 0 atom stereocenters. The molecule has 2 N–H and O–H groups in total. The molecule has 94 valence electrons. The van der Waals surface area contributed by atoms with Crippen LogP contribution in [0.3, 0.4) is 0 Å². The Labute approximate surface area is 106 Å². The van der Waals surface area contributed by atoms with Crippen molar-refractivity contribution in [3.8, 4) is 11.1 Å². The van der Waals surface area contributed by atoms with Gasteiger partial charge in [0.1, 0.15) is 0 Å². The van der Waals surface area contributed by atoms with Gasteiger partial charge < -0.3 is 5.73 Å². The molecule has 2 nitrogen and oxygen atoms in total. The molecule has 0 aliphatic heterocycles. The summed E-state index contributed by atoms with van der Waals surface area (Å²) in [5.41, 5.74) is 5.16. The molecule has 0 fully saturated rings. The fraction of sp³-hybridized carbons (Fsp3) is 0.0833. The Morgan fingerprint density at radius 2 is 1.72 bits per heavy atom. The summed E-state index contributed by atoms with van der Waals surface area (Å²) in [5.74, 6) is 0. The van der Waals surface area contributed by atoms with Gasteiger partial charge in [0.15, 0.2) is 0 Å². The van der Waals surface area contributed by atoms with Gasteiger partial charge in [-0.3, -0.25) is 4.98 Å². The molecule has 0 saturated carbocycles. The second-order valence-corrected chi connectivity index (χ2v) is 4.03. The monoisotopic (exact) mass is 272 g/mol. The van der Waals surface area contributed by atoms with Crippen molar-refractivity contribution >= 4 is 17.3 Å². The highest BCUT2D eigenvalue weighted by atomic mass is 35.5. The second-order valence-electron chi connectivity index (χ2n) is 3.63. The van der Waals surface area contributed by atoms with E-state index >= 15 is 0 Å². The molecule has 0 bridgehead atoms. The Bertz CT molecular complexity index is 582. The van der Waals surface area contributed by atoms with Crippen molar-refractivity contribution < 1.29 is 13.2 Å². The zero-order valence-electron chi connectivity index (χ0n) is 9.00. The zero-order valence-corrected chi connectivity index (χ0v) is 9.76. The van der Waals surface area contributed by atoms with E-state index < -0.39 is 11.7 Å². The highest BCUT2D eigenvalue weighted by Gasteiger charge is 2.33. The van der Waals surface area contributed by atoms with Gasteiger partial charge in [0.05, 0.1) is 16.3 Å². The highest BCUT2D eigenvalue weighted by molar-refractivity contribution is 6.33. The van der Waals surface area contributed by atoms with Crippen LogP contribution in [-0.2, 0) is 6.18 Å². The maximum Gasteiger partial charge on any atom is 0.417 e. The van der Waals surface area contributed by atoms with Crippen LogP contribution in [0.25, 0.3) is 11.1 Å². The van der Waals surface area contributed by atoms with Gasteiger partial charge in [-0.1, -0.05) is 29.8 Å². The van der Waals surface area contributed by atoms with Crippen LogP contribution in [0, 0.1) is 0 Å². The number of anilines is 1. The summed E-state index contributed by atoms with van der Waals surface area (Å²) in [6.07, 6.45) is -1.90. The van der Waals surface area contributed by atoms with Gasteiger partial charge >= 0.3 is 6.18 Å². The second kappa shape index (κ2) is 4.49. The van der Waals surface area contributed by atoms with E-state index in [1.165, 1.54) is 30.6 Å². The molecule has 6 heteroatoms. The average Bonchev–Trinajstić information content (AvgIpc) is 2.32. The molecule has 1 aromatic heterocycles. The topological polar surface area (TPSA) is 38.9 Å². The molecule has 0 spiro atoms. The van der Waals surface area contributed by atoms with Gasteiger partial charge in [-0.05, 0) is 11.6 Å². The summed E-state index contributed by atoms with van der Waals surface area (Å²) in [5, 5.41) is 0.129. The average molecular weight is 273 g/mol. The molecule has 1 heterocycles. The number of nitrogen functional groups attached to an aromatic ring is 1. The van der Waals surface area contributed by atoms with Gasteiger partial charge in [0.2, 0.25) is 0 Å². The first kappa shape index (κ1) is 12.7. The first-order valence-corrected chi connectivity index (χ1v) is 5.34. The zero-order chi connectivity index (χ0) is 13.3. The fourth-order valence-corrected chi connectivity index (χ4v) is 1.78. The molecule has 0 saturated heterocycles. The molecule has 0 unspecified atom stereocenters. The maximum atomic E-state index is 12.9. The number of halogens is 4. The third-order valence-corrected chi connectivity index (χ3v) is 2.76. The Morgan fingerprint density at radius 3 is 2.39 bits per heavy atom. The van der Waals surface area contributed by atoms with Gasteiger partial charge in [-0.15, -0.1) is 0 Å². The molecule has 0 radical (unpaired) electrons. The molecule has 18 heavy (non-hydrogen) atoms. The summed E-state index contributed by atoms with van der Waals surface area (Å²) in [6, 6.07) is 5.16. The van der Waals surface area contributed by atoms with Crippen LogP contribution in [0.15, 0.2) is 36.7 Å². The Morgan fingerprint density at radius 1 is 1.06 bits per heavy atom. The van der Waals surface area contributed by atoms with Gasteiger partial charge in [0.25, 0.3) is 0 Å². The number of nitrogens with two attached hydrogens (primary N) is 1. The van der Waals surface area contributed by atoms with Crippen LogP contribution < -0.4 is 5.73 Å². The predicted octanol–water partition coefficient (Wildman–Crippen LogP) is 4.00. The molecule has 0 aliphatic carbocycles. The van der Waals surface area contributed by atoms with Crippen molar-refractivity contribution in [3.05, 3.63) is 47.2 Å². The quantitative estimate of drug-likeness (QED) is 0.852. The smallest absolute Gasteiger partial charge is 0.397 e. The minimum Gasteiger partial charge on any atom is -0.397 e. The fourth-order valence-electron chi connectivity index (χ4n) is 1.62. The van der Waals surface area contributed by atoms with Crippen molar-refractivity contribution in [2.75, 3.05) is 5.73 Å². The predicted molar refractivity (Wildman–Crippen MR) is 64.1 cm³/mol. The van der Waals surface area contributed by atoms with Gasteiger partial charge in [-0.25, -0.2) is 0 Å². The van der Waals surface area contributed by atoms with E-state index in [1.54, 1.807) is 0 Å².